The number of carboxylic acid groups (broad SMARTS) is 1. The Morgan fingerprint density at radius 3 is 2.81 bits per heavy atom. The SMILES string of the molecule is O=CCC(C(=O)O)c1cc(-c2ccc3ccoc3c2)co1. The number of hydrogen-bond donors (Lipinski definition) is 1. The first-order valence-electron chi connectivity index (χ1n) is 6.41. The molecule has 0 spiro atoms. The van der Waals surface area contributed by atoms with E-state index in [4.69, 9.17) is 13.9 Å². The minimum atomic E-state index is -1.08. The van der Waals surface area contributed by atoms with Crippen molar-refractivity contribution in [3.8, 4) is 11.1 Å². The Balaban J connectivity index is 1.96. The Labute approximate surface area is 119 Å². The van der Waals surface area contributed by atoms with Crippen LogP contribution in [0.25, 0.3) is 22.1 Å². The van der Waals surface area contributed by atoms with Gasteiger partial charge in [0, 0.05) is 17.4 Å². The zero-order valence-corrected chi connectivity index (χ0v) is 11.0. The molecule has 0 fully saturated rings. The van der Waals surface area contributed by atoms with Crippen molar-refractivity contribution in [1.82, 2.24) is 0 Å². The van der Waals surface area contributed by atoms with Crippen molar-refractivity contribution in [1.29, 1.82) is 0 Å². The molecule has 0 bridgehead atoms. The van der Waals surface area contributed by atoms with Crippen molar-refractivity contribution < 1.29 is 23.5 Å². The molecule has 0 saturated heterocycles. The van der Waals surface area contributed by atoms with E-state index in [1.54, 1.807) is 12.3 Å². The van der Waals surface area contributed by atoms with E-state index in [1.807, 2.05) is 24.3 Å². The summed E-state index contributed by atoms with van der Waals surface area (Å²) in [6, 6.07) is 9.19. The molecule has 5 heteroatoms. The van der Waals surface area contributed by atoms with E-state index in [0.29, 0.717) is 6.29 Å². The molecular weight excluding hydrogens is 272 g/mol. The summed E-state index contributed by atoms with van der Waals surface area (Å²) < 4.78 is 10.7. The normalized spacial score (nSPS) is 12.4. The first kappa shape index (κ1) is 13.2. The van der Waals surface area contributed by atoms with Crippen LogP contribution in [0.15, 0.2) is 51.7 Å². The second kappa shape index (κ2) is 5.28. The van der Waals surface area contributed by atoms with Gasteiger partial charge in [0.1, 0.15) is 23.5 Å². The summed E-state index contributed by atoms with van der Waals surface area (Å²) in [5, 5.41) is 10.1. The van der Waals surface area contributed by atoms with Crippen molar-refractivity contribution in [2.24, 2.45) is 0 Å². The lowest BCUT2D eigenvalue weighted by atomic mass is 10.0. The summed E-state index contributed by atoms with van der Waals surface area (Å²) in [5.74, 6) is -1.77. The van der Waals surface area contributed by atoms with Crippen LogP contribution in [0.4, 0.5) is 0 Å². The van der Waals surface area contributed by atoms with Gasteiger partial charge in [-0.3, -0.25) is 4.79 Å². The van der Waals surface area contributed by atoms with Gasteiger partial charge >= 0.3 is 5.97 Å². The van der Waals surface area contributed by atoms with Crippen molar-refractivity contribution in [3.63, 3.8) is 0 Å². The van der Waals surface area contributed by atoms with Crippen LogP contribution in [0.5, 0.6) is 0 Å². The van der Waals surface area contributed by atoms with Gasteiger partial charge in [-0.15, -0.1) is 0 Å². The van der Waals surface area contributed by atoms with Crippen molar-refractivity contribution in [2.75, 3.05) is 0 Å². The van der Waals surface area contributed by atoms with Gasteiger partial charge in [-0.1, -0.05) is 12.1 Å². The van der Waals surface area contributed by atoms with Gasteiger partial charge in [0.15, 0.2) is 0 Å². The smallest absolute Gasteiger partial charge is 0.314 e. The average Bonchev–Trinajstić information content (AvgIpc) is 3.12. The number of rotatable bonds is 5. The summed E-state index contributed by atoms with van der Waals surface area (Å²) in [5.41, 5.74) is 2.36. The maximum absolute atomic E-state index is 11.1. The Kier molecular flexibility index (Phi) is 3.31. The van der Waals surface area contributed by atoms with E-state index in [1.165, 1.54) is 6.26 Å². The number of benzene rings is 1. The first-order valence-corrected chi connectivity index (χ1v) is 6.41. The summed E-state index contributed by atoms with van der Waals surface area (Å²) >= 11 is 0. The van der Waals surface area contributed by atoms with Crippen LogP contribution in [0.3, 0.4) is 0 Å². The molecule has 1 aromatic carbocycles. The number of carbonyl (C=O) groups excluding carboxylic acids is 1. The highest BCUT2D eigenvalue weighted by Gasteiger charge is 2.23. The van der Waals surface area contributed by atoms with Gasteiger partial charge in [0.2, 0.25) is 0 Å². The Morgan fingerprint density at radius 1 is 1.19 bits per heavy atom. The maximum atomic E-state index is 11.1. The molecule has 0 amide bonds. The molecule has 1 unspecified atom stereocenters. The average molecular weight is 284 g/mol. The van der Waals surface area contributed by atoms with Crippen LogP contribution in [0.1, 0.15) is 18.1 Å². The standard InChI is InChI=1S/C16H12O5/c17-5-3-13(16(18)19)15-8-12(9-21-15)11-2-1-10-4-6-20-14(10)7-11/h1-2,4-9,13H,3H2,(H,18,19). The fourth-order valence-electron chi connectivity index (χ4n) is 2.26. The lowest BCUT2D eigenvalue weighted by Gasteiger charge is -2.03. The monoisotopic (exact) mass is 284 g/mol. The fraction of sp³-hybridized carbons (Fsp3) is 0.125. The number of carbonyl (C=O) groups is 2. The summed E-state index contributed by atoms with van der Waals surface area (Å²) in [4.78, 5) is 21.7. The lowest BCUT2D eigenvalue weighted by Crippen LogP contribution is -2.11. The third-order valence-electron chi connectivity index (χ3n) is 3.38. The highest BCUT2D eigenvalue weighted by molar-refractivity contribution is 5.83. The molecule has 5 nitrogen and oxygen atoms in total. The quantitative estimate of drug-likeness (QED) is 0.726. The van der Waals surface area contributed by atoms with Crippen LogP contribution in [-0.4, -0.2) is 17.4 Å². The molecular formula is C16H12O5. The molecule has 2 heterocycles. The van der Waals surface area contributed by atoms with Crippen LogP contribution in [-0.2, 0) is 9.59 Å². The van der Waals surface area contributed by atoms with E-state index < -0.39 is 11.9 Å². The van der Waals surface area contributed by atoms with Gasteiger partial charge in [-0.2, -0.15) is 0 Å². The third kappa shape index (κ3) is 2.45. The Morgan fingerprint density at radius 2 is 2.05 bits per heavy atom. The van der Waals surface area contributed by atoms with Gasteiger partial charge in [-0.25, -0.2) is 0 Å². The zero-order chi connectivity index (χ0) is 14.8. The van der Waals surface area contributed by atoms with Crippen LogP contribution < -0.4 is 0 Å². The topological polar surface area (TPSA) is 80.7 Å². The number of aldehydes is 1. The van der Waals surface area contributed by atoms with E-state index in [0.717, 1.165) is 22.1 Å². The van der Waals surface area contributed by atoms with Gasteiger partial charge in [-0.05, 0) is 23.8 Å². The molecule has 106 valence electrons. The van der Waals surface area contributed by atoms with Crippen LogP contribution in [0.2, 0.25) is 0 Å². The molecule has 0 aliphatic rings. The van der Waals surface area contributed by atoms with E-state index in [9.17, 15) is 9.59 Å². The van der Waals surface area contributed by atoms with Crippen LogP contribution >= 0.6 is 0 Å². The Bertz CT molecular complexity index is 796. The summed E-state index contributed by atoms with van der Waals surface area (Å²) in [6.07, 6.45) is 3.56. The summed E-state index contributed by atoms with van der Waals surface area (Å²) in [7, 11) is 0. The molecule has 1 N–H and O–H groups in total. The van der Waals surface area contributed by atoms with Crippen molar-refractivity contribution >= 4 is 23.2 Å². The second-order valence-corrected chi connectivity index (χ2v) is 4.70. The minimum absolute atomic E-state index is 0.112. The van der Waals surface area contributed by atoms with Gasteiger partial charge < -0.3 is 18.7 Å². The maximum Gasteiger partial charge on any atom is 0.314 e. The molecule has 0 aliphatic carbocycles. The van der Waals surface area contributed by atoms with E-state index in [-0.39, 0.29) is 12.2 Å². The Hall–Kier alpha value is -2.82. The van der Waals surface area contributed by atoms with E-state index in [2.05, 4.69) is 0 Å². The lowest BCUT2D eigenvalue weighted by molar-refractivity contribution is -0.140. The molecule has 3 aromatic rings. The van der Waals surface area contributed by atoms with Crippen molar-refractivity contribution in [2.45, 2.75) is 12.3 Å². The van der Waals surface area contributed by atoms with Gasteiger partial charge in [0.25, 0.3) is 0 Å². The number of fused-ring (bicyclic) bond motifs is 1. The number of hydrogen-bond acceptors (Lipinski definition) is 4. The largest absolute Gasteiger partial charge is 0.481 e. The molecule has 0 aliphatic heterocycles. The first-order chi connectivity index (χ1) is 10.2. The predicted octanol–water partition coefficient (Wildman–Crippen LogP) is 3.45. The number of aliphatic carboxylic acids is 1. The highest BCUT2D eigenvalue weighted by atomic mass is 16.4. The van der Waals surface area contributed by atoms with Crippen LogP contribution in [0, 0.1) is 0 Å². The molecule has 0 radical (unpaired) electrons. The zero-order valence-electron chi connectivity index (χ0n) is 11.0. The van der Waals surface area contributed by atoms with E-state index >= 15 is 0 Å². The molecule has 3 rings (SSSR count). The predicted molar refractivity (Wildman–Crippen MR) is 75.0 cm³/mol. The number of carboxylic acids is 1. The fourth-order valence-corrected chi connectivity index (χ4v) is 2.26. The van der Waals surface area contributed by atoms with Gasteiger partial charge in [0.05, 0.1) is 12.5 Å². The van der Waals surface area contributed by atoms with Crippen molar-refractivity contribution in [3.05, 3.63) is 48.6 Å². The highest BCUT2D eigenvalue weighted by Crippen LogP contribution is 2.30. The molecule has 2 aromatic heterocycles. The molecule has 21 heavy (non-hydrogen) atoms. The third-order valence-corrected chi connectivity index (χ3v) is 3.38. The minimum Gasteiger partial charge on any atom is -0.481 e. The molecule has 1 atom stereocenters. The second-order valence-electron chi connectivity index (χ2n) is 4.70. The number of furan rings is 2. The summed E-state index contributed by atoms with van der Waals surface area (Å²) in [6.45, 7) is 0. The molecule has 0 saturated carbocycles.